The molecule has 0 heterocycles. The number of amides is 1. The standard InChI is InChI=1S/C8H6BrClN2O3/c9-4-7(13)11-5-2-1-3-6(8(5)10)12(14)15/h1-3H,4H2,(H,11,13). The highest BCUT2D eigenvalue weighted by Crippen LogP contribution is 2.31. The summed E-state index contributed by atoms with van der Waals surface area (Å²) >= 11 is 8.69. The fraction of sp³-hybridized carbons (Fsp3) is 0.125. The van der Waals surface area contributed by atoms with E-state index in [0.29, 0.717) is 0 Å². The molecule has 0 saturated heterocycles. The molecule has 5 nitrogen and oxygen atoms in total. The molecule has 0 saturated carbocycles. The lowest BCUT2D eigenvalue weighted by Crippen LogP contribution is -2.12. The Morgan fingerprint density at radius 1 is 1.60 bits per heavy atom. The number of alkyl halides is 1. The lowest BCUT2D eigenvalue weighted by molar-refractivity contribution is -0.384. The van der Waals surface area contributed by atoms with Crippen molar-refractivity contribution in [3.8, 4) is 0 Å². The van der Waals surface area contributed by atoms with Crippen LogP contribution in [0.2, 0.25) is 5.02 Å². The summed E-state index contributed by atoms with van der Waals surface area (Å²) in [5.41, 5.74) is -0.000596. The molecule has 0 unspecified atom stereocenters. The van der Waals surface area contributed by atoms with Gasteiger partial charge in [-0.25, -0.2) is 0 Å². The molecular weight excluding hydrogens is 287 g/mol. The van der Waals surface area contributed by atoms with Gasteiger partial charge in [0.15, 0.2) is 0 Å². The van der Waals surface area contributed by atoms with Gasteiger partial charge in [-0.15, -0.1) is 0 Å². The molecule has 15 heavy (non-hydrogen) atoms. The normalized spacial score (nSPS) is 9.73. The van der Waals surface area contributed by atoms with E-state index in [1.807, 2.05) is 0 Å². The summed E-state index contributed by atoms with van der Waals surface area (Å²) in [7, 11) is 0. The van der Waals surface area contributed by atoms with E-state index in [0.717, 1.165) is 0 Å². The van der Waals surface area contributed by atoms with Crippen LogP contribution in [0.1, 0.15) is 0 Å². The van der Waals surface area contributed by atoms with E-state index in [4.69, 9.17) is 11.6 Å². The van der Waals surface area contributed by atoms with Crippen LogP contribution < -0.4 is 5.32 Å². The predicted molar refractivity (Wildman–Crippen MR) is 60.5 cm³/mol. The molecule has 0 atom stereocenters. The number of nitro groups is 1. The van der Waals surface area contributed by atoms with Gasteiger partial charge < -0.3 is 5.32 Å². The first-order chi connectivity index (χ1) is 7.06. The summed E-state index contributed by atoms with van der Waals surface area (Å²) < 4.78 is 0. The quantitative estimate of drug-likeness (QED) is 0.529. The summed E-state index contributed by atoms with van der Waals surface area (Å²) in [5, 5.41) is 13.0. The number of hydrogen-bond donors (Lipinski definition) is 1. The van der Waals surface area contributed by atoms with Crippen LogP contribution in [0.15, 0.2) is 18.2 Å². The van der Waals surface area contributed by atoms with Crippen molar-refractivity contribution >= 4 is 44.8 Å². The van der Waals surface area contributed by atoms with Gasteiger partial charge in [-0.3, -0.25) is 14.9 Å². The lowest BCUT2D eigenvalue weighted by atomic mass is 10.3. The Morgan fingerprint density at radius 2 is 2.27 bits per heavy atom. The van der Waals surface area contributed by atoms with Crippen LogP contribution in [0.3, 0.4) is 0 Å². The molecule has 0 spiro atoms. The van der Waals surface area contributed by atoms with Crippen molar-refractivity contribution in [2.24, 2.45) is 0 Å². The van der Waals surface area contributed by atoms with E-state index < -0.39 is 4.92 Å². The highest BCUT2D eigenvalue weighted by molar-refractivity contribution is 9.09. The highest BCUT2D eigenvalue weighted by atomic mass is 79.9. The molecule has 1 N–H and O–H groups in total. The van der Waals surface area contributed by atoms with Crippen LogP contribution in [0.4, 0.5) is 11.4 Å². The highest BCUT2D eigenvalue weighted by Gasteiger charge is 2.16. The van der Waals surface area contributed by atoms with Crippen LogP contribution in [0, 0.1) is 10.1 Å². The molecule has 0 fully saturated rings. The molecule has 7 heteroatoms. The lowest BCUT2D eigenvalue weighted by Gasteiger charge is -2.05. The Kier molecular flexibility index (Phi) is 4.05. The minimum absolute atomic E-state index is 0.0724. The second-order valence-electron chi connectivity index (χ2n) is 2.58. The van der Waals surface area contributed by atoms with Crippen molar-refractivity contribution in [3.05, 3.63) is 33.3 Å². The van der Waals surface area contributed by atoms with Gasteiger partial charge in [0.05, 0.1) is 15.9 Å². The second-order valence-corrected chi connectivity index (χ2v) is 3.52. The first kappa shape index (κ1) is 11.9. The topological polar surface area (TPSA) is 72.2 Å². The van der Waals surface area contributed by atoms with Crippen molar-refractivity contribution in [2.45, 2.75) is 0 Å². The molecule has 80 valence electrons. The molecule has 1 aromatic carbocycles. The number of anilines is 1. The van der Waals surface area contributed by atoms with E-state index in [9.17, 15) is 14.9 Å². The minimum Gasteiger partial charge on any atom is -0.324 e. The maximum Gasteiger partial charge on any atom is 0.290 e. The number of nitrogens with one attached hydrogen (secondary N) is 1. The third-order valence-electron chi connectivity index (χ3n) is 1.57. The van der Waals surface area contributed by atoms with Crippen LogP contribution in [0.25, 0.3) is 0 Å². The van der Waals surface area contributed by atoms with Gasteiger partial charge >= 0.3 is 0 Å². The van der Waals surface area contributed by atoms with Crippen LogP contribution in [0.5, 0.6) is 0 Å². The zero-order chi connectivity index (χ0) is 11.4. The fourth-order valence-electron chi connectivity index (χ4n) is 0.941. The van der Waals surface area contributed by atoms with Gasteiger partial charge in [-0.05, 0) is 6.07 Å². The number of halogens is 2. The van der Waals surface area contributed by atoms with Gasteiger partial charge in [-0.2, -0.15) is 0 Å². The number of nitrogens with zero attached hydrogens (tertiary/aromatic N) is 1. The molecule has 0 radical (unpaired) electrons. The Bertz CT molecular complexity index is 411. The summed E-state index contributed by atoms with van der Waals surface area (Å²) in [6.07, 6.45) is 0. The number of carbonyl (C=O) groups excluding carboxylic acids is 1. The largest absolute Gasteiger partial charge is 0.324 e. The third kappa shape index (κ3) is 2.90. The summed E-state index contributed by atoms with van der Waals surface area (Å²) in [4.78, 5) is 21.0. The molecule has 1 rings (SSSR count). The number of rotatable bonds is 3. The molecule has 1 amide bonds. The van der Waals surface area contributed by atoms with Gasteiger partial charge in [0.2, 0.25) is 5.91 Å². The van der Waals surface area contributed by atoms with Gasteiger partial charge in [0.25, 0.3) is 5.69 Å². The second kappa shape index (κ2) is 5.09. The molecule has 1 aromatic rings. The average molecular weight is 294 g/mol. The number of nitro benzene ring substituents is 1. The first-order valence-corrected chi connectivity index (χ1v) is 5.35. The van der Waals surface area contributed by atoms with Crippen molar-refractivity contribution in [3.63, 3.8) is 0 Å². The molecule has 0 aromatic heterocycles. The van der Waals surface area contributed by atoms with Gasteiger partial charge in [-0.1, -0.05) is 33.6 Å². The fourth-order valence-corrected chi connectivity index (χ4v) is 1.32. The summed E-state index contributed by atoms with van der Waals surface area (Å²) in [6.45, 7) is 0. The molecule has 0 aliphatic rings. The Labute approximate surface area is 98.7 Å². The predicted octanol–water partition coefficient (Wildman–Crippen LogP) is 2.58. The van der Waals surface area contributed by atoms with Crippen LogP contribution >= 0.6 is 27.5 Å². The van der Waals surface area contributed by atoms with Gasteiger partial charge in [0.1, 0.15) is 5.02 Å². The summed E-state index contributed by atoms with van der Waals surface area (Å²) in [6, 6.07) is 4.22. The first-order valence-electron chi connectivity index (χ1n) is 3.85. The monoisotopic (exact) mass is 292 g/mol. The van der Waals surface area contributed by atoms with E-state index >= 15 is 0 Å². The summed E-state index contributed by atoms with van der Waals surface area (Å²) in [5.74, 6) is -0.322. The Hall–Kier alpha value is -1.14. The molecule has 0 bridgehead atoms. The number of benzene rings is 1. The van der Waals surface area contributed by atoms with E-state index in [-0.39, 0.29) is 27.6 Å². The zero-order valence-electron chi connectivity index (χ0n) is 7.37. The Balaban J connectivity index is 3.04. The van der Waals surface area contributed by atoms with Crippen molar-refractivity contribution < 1.29 is 9.72 Å². The van der Waals surface area contributed by atoms with Crippen molar-refractivity contribution in [1.29, 1.82) is 0 Å². The van der Waals surface area contributed by atoms with Gasteiger partial charge in [0, 0.05) is 6.07 Å². The SMILES string of the molecule is O=C(CBr)Nc1cccc([N+](=O)[O-])c1Cl. The maximum atomic E-state index is 11.0. The smallest absolute Gasteiger partial charge is 0.290 e. The molecule has 0 aliphatic heterocycles. The van der Waals surface area contributed by atoms with E-state index in [1.54, 1.807) is 0 Å². The zero-order valence-corrected chi connectivity index (χ0v) is 9.71. The third-order valence-corrected chi connectivity index (χ3v) is 2.48. The number of hydrogen-bond acceptors (Lipinski definition) is 3. The average Bonchev–Trinajstić information content (AvgIpc) is 2.20. The Morgan fingerprint density at radius 3 is 2.80 bits per heavy atom. The van der Waals surface area contributed by atoms with Crippen LogP contribution in [-0.2, 0) is 4.79 Å². The van der Waals surface area contributed by atoms with Crippen molar-refractivity contribution in [1.82, 2.24) is 0 Å². The van der Waals surface area contributed by atoms with E-state index in [2.05, 4.69) is 21.2 Å². The molecule has 0 aliphatic carbocycles. The van der Waals surface area contributed by atoms with Crippen LogP contribution in [-0.4, -0.2) is 16.2 Å². The number of carbonyl (C=O) groups is 1. The van der Waals surface area contributed by atoms with E-state index in [1.165, 1.54) is 18.2 Å². The maximum absolute atomic E-state index is 11.0. The van der Waals surface area contributed by atoms with Crippen molar-refractivity contribution in [2.75, 3.05) is 10.6 Å². The minimum atomic E-state index is -0.605. The molecular formula is C8H6BrClN2O3.